The average molecular weight is 391 g/mol. The number of ether oxygens (including phenoxy) is 1. The van der Waals surface area contributed by atoms with Gasteiger partial charge in [-0.25, -0.2) is 0 Å². The number of para-hydroxylation sites is 1. The van der Waals surface area contributed by atoms with E-state index in [1.54, 1.807) is 0 Å². The largest absolute Gasteiger partial charge is 0.387 e. The van der Waals surface area contributed by atoms with Gasteiger partial charge in [-0.15, -0.1) is 0 Å². The summed E-state index contributed by atoms with van der Waals surface area (Å²) in [7, 11) is 0. The van der Waals surface area contributed by atoms with Gasteiger partial charge in [0.05, 0.1) is 12.7 Å². The Kier molecular flexibility index (Phi) is 7.42. The minimum atomic E-state index is -0.751. The van der Waals surface area contributed by atoms with Crippen LogP contribution in [0.5, 0.6) is 0 Å². The molecule has 0 aliphatic heterocycles. The molecule has 3 atom stereocenters. The maximum absolute atomic E-state index is 10.7. The summed E-state index contributed by atoms with van der Waals surface area (Å²) in [4.78, 5) is 0. The van der Waals surface area contributed by atoms with Crippen molar-refractivity contribution < 1.29 is 9.84 Å². The van der Waals surface area contributed by atoms with Gasteiger partial charge in [-0.1, -0.05) is 78.9 Å². The predicted octanol–water partition coefficient (Wildman–Crippen LogP) is 4.71. The van der Waals surface area contributed by atoms with Crippen molar-refractivity contribution in [3.05, 3.63) is 101 Å². The molecule has 3 unspecified atom stereocenters. The molecule has 152 valence electrons. The van der Waals surface area contributed by atoms with Crippen LogP contribution in [0.4, 0.5) is 5.69 Å². The Balaban J connectivity index is 1.74. The first-order valence-corrected chi connectivity index (χ1v) is 10.0. The third-order valence-electron chi connectivity index (χ3n) is 5.11. The SMILES string of the molecule is Cc1cccc(C)c1NC(CC(N)C(O)c1ccccc1)OCc1ccccc1. The van der Waals surface area contributed by atoms with Crippen molar-refractivity contribution >= 4 is 5.69 Å². The quantitative estimate of drug-likeness (QED) is 0.463. The highest BCUT2D eigenvalue weighted by atomic mass is 16.5. The second kappa shape index (κ2) is 10.2. The third kappa shape index (κ3) is 5.91. The first-order chi connectivity index (χ1) is 14.0. The van der Waals surface area contributed by atoms with Crippen molar-refractivity contribution in [2.75, 3.05) is 5.32 Å². The molecule has 0 saturated heterocycles. The first kappa shape index (κ1) is 21.1. The van der Waals surface area contributed by atoms with Gasteiger partial charge < -0.3 is 20.9 Å². The highest BCUT2D eigenvalue weighted by molar-refractivity contribution is 5.56. The summed E-state index contributed by atoms with van der Waals surface area (Å²) < 4.78 is 6.20. The molecule has 0 fully saturated rings. The van der Waals surface area contributed by atoms with E-state index in [-0.39, 0.29) is 6.23 Å². The number of benzene rings is 3. The molecule has 4 heteroatoms. The van der Waals surface area contributed by atoms with Gasteiger partial charge in [0.15, 0.2) is 0 Å². The summed E-state index contributed by atoms with van der Waals surface area (Å²) in [5.41, 5.74) is 11.6. The Hall–Kier alpha value is -2.66. The van der Waals surface area contributed by atoms with E-state index < -0.39 is 12.1 Å². The van der Waals surface area contributed by atoms with E-state index in [0.29, 0.717) is 13.0 Å². The van der Waals surface area contributed by atoms with Gasteiger partial charge in [-0.3, -0.25) is 0 Å². The van der Waals surface area contributed by atoms with Crippen LogP contribution < -0.4 is 11.1 Å². The van der Waals surface area contributed by atoms with Crippen molar-refractivity contribution in [2.45, 2.75) is 45.2 Å². The number of rotatable bonds is 9. The molecule has 0 spiro atoms. The van der Waals surface area contributed by atoms with E-state index in [9.17, 15) is 5.11 Å². The lowest BCUT2D eigenvalue weighted by molar-refractivity contribution is 0.0333. The molecule has 3 aromatic carbocycles. The molecule has 3 rings (SSSR count). The Morgan fingerprint density at radius 2 is 1.45 bits per heavy atom. The molecular formula is C25H30N2O2. The highest BCUT2D eigenvalue weighted by Crippen LogP contribution is 2.24. The van der Waals surface area contributed by atoms with Crippen LogP contribution in [-0.4, -0.2) is 17.4 Å². The van der Waals surface area contributed by atoms with Crippen LogP contribution >= 0.6 is 0 Å². The number of hydrogen-bond acceptors (Lipinski definition) is 4. The van der Waals surface area contributed by atoms with Crippen molar-refractivity contribution in [3.63, 3.8) is 0 Å². The van der Waals surface area contributed by atoms with Gasteiger partial charge in [-0.2, -0.15) is 0 Å². The second-order valence-corrected chi connectivity index (χ2v) is 7.45. The summed E-state index contributed by atoms with van der Waals surface area (Å²) in [5, 5.41) is 14.2. The van der Waals surface area contributed by atoms with E-state index in [4.69, 9.17) is 10.5 Å². The standard InChI is InChI=1S/C25H30N2O2/c1-18-10-9-11-19(2)24(18)27-23(29-17-20-12-5-3-6-13-20)16-22(26)25(28)21-14-7-4-8-15-21/h3-15,22-23,25,27-28H,16-17,26H2,1-2H3. The topological polar surface area (TPSA) is 67.5 Å². The molecule has 29 heavy (non-hydrogen) atoms. The van der Waals surface area contributed by atoms with Crippen molar-refractivity contribution in [3.8, 4) is 0 Å². The van der Waals surface area contributed by atoms with Crippen LogP contribution in [0.15, 0.2) is 78.9 Å². The Labute approximate surface area is 173 Å². The van der Waals surface area contributed by atoms with E-state index in [2.05, 4.69) is 31.3 Å². The molecule has 4 nitrogen and oxygen atoms in total. The van der Waals surface area contributed by atoms with E-state index >= 15 is 0 Å². The van der Waals surface area contributed by atoms with Crippen molar-refractivity contribution in [2.24, 2.45) is 5.73 Å². The lowest BCUT2D eigenvalue weighted by Crippen LogP contribution is -2.37. The molecule has 0 radical (unpaired) electrons. The van der Waals surface area contributed by atoms with Gasteiger partial charge >= 0.3 is 0 Å². The molecule has 0 aliphatic carbocycles. The zero-order chi connectivity index (χ0) is 20.6. The highest BCUT2D eigenvalue weighted by Gasteiger charge is 2.22. The molecule has 0 heterocycles. The molecule has 0 aromatic heterocycles. The van der Waals surface area contributed by atoms with Gasteiger partial charge in [0.1, 0.15) is 6.23 Å². The monoisotopic (exact) mass is 390 g/mol. The summed E-state index contributed by atoms with van der Waals surface area (Å²) in [6.45, 7) is 4.61. The lowest BCUT2D eigenvalue weighted by Gasteiger charge is -2.27. The van der Waals surface area contributed by atoms with E-state index in [0.717, 1.165) is 27.9 Å². The molecule has 0 saturated carbocycles. The molecule has 0 amide bonds. The normalized spacial score (nSPS) is 14.2. The van der Waals surface area contributed by atoms with Gasteiger partial charge in [-0.05, 0) is 36.1 Å². The van der Waals surface area contributed by atoms with Crippen LogP contribution in [-0.2, 0) is 11.3 Å². The molecule has 4 N–H and O–H groups in total. The summed E-state index contributed by atoms with van der Waals surface area (Å²) in [6.07, 6.45) is -0.612. The predicted molar refractivity (Wildman–Crippen MR) is 119 cm³/mol. The van der Waals surface area contributed by atoms with E-state index in [1.807, 2.05) is 66.7 Å². The smallest absolute Gasteiger partial charge is 0.129 e. The minimum Gasteiger partial charge on any atom is -0.387 e. The number of aliphatic hydroxyl groups excluding tert-OH is 1. The number of hydrogen-bond donors (Lipinski definition) is 3. The van der Waals surface area contributed by atoms with Crippen molar-refractivity contribution in [1.82, 2.24) is 0 Å². The molecule has 3 aromatic rings. The van der Waals surface area contributed by atoms with Gasteiger partial charge in [0.2, 0.25) is 0 Å². The number of aryl methyl sites for hydroxylation is 2. The fourth-order valence-electron chi connectivity index (χ4n) is 3.42. The number of anilines is 1. The maximum atomic E-state index is 10.7. The summed E-state index contributed by atoms with van der Waals surface area (Å²) >= 11 is 0. The Morgan fingerprint density at radius 1 is 0.862 bits per heavy atom. The third-order valence-corrected chi connectivity index (χ3v) is 5.11. The fraction of sp³-hybridized carbons (Fsp3) is 0.280. The zero-order valence-corrected chi connectivity index (χ0v) is 17.1. The van der Waals surface area contributed by atoms with Crippen LogP contribution in [0, 0.1) is 13.8 Å². The second-order valence-electron chi connectivity index (χ2n) is 7.45. The minimum absolute atomic E-state index is 0.330. The molecular weight excluding hydrogens is 360 g/mol. The first-order valence-electron chi connectivity index (χ1n) is 10.0. The zero-order valence-electron chi connectivity index (χ0n) is 17.1. The Bertz CT molecular complexity index is 864. The van der Waals surface area contributed by atoms with Gasteiger partial charge in [0.25, 0.3) is 0 Å². The summed E-state index contributed by atoms with van der Waals surface area (Å²) in [5.74, 6) is 0. The number of nitrogens with two attached hydrogens (primary N) is 1. The lowest BCUT2D eigenvalue weighted by atomic mass is 9.99. The van der Waals surface area contributed by atoms with Crippen molar-refractivity contribution in [1.29, 1.82) is 0 Å². The average Bonchev–Trinajstić information content (AvgIpc) is 2.75. The maximum Gasteiger partial charge on any atom is 0.129 e. The molecule has 0 bridgehead atoms. The van der Waals surface area contributed by atoms with Crippen LogP contribution in [0.25, 0.3) is 0 Å². The Morgan fingerprint density at radius 3 is 2.07 bits per heavy atom. The van der Waals surface area contributed by atoms with Crippen LogP contribution in [0.1, 0.15) is 34.8 Å². The fourth-order valence-corrected chi connectivity index (χ4v) is 3.42. The van der Waals surface area contributed by atoms with Crippen LogP contribution in [0.2, 0.25) is 0 Å². The number of aliphatic hydroxyl groups is 1. The summed E-state index contributed by atoms with van der Waals surface area (Å²) in [6, 6.07) is 25.3. The van der Waals surface area contributed by atoms with Gasteiger partial charge in [0, 0.05) is 18.2 Å². The van der Waals surface area contributed by atoms with Crippen LogP contribution in [0.3, 0.4) is 0 Å². The molecule has 0 aliphatic rings. The number of nitrogens with one attached hydrogen (secondary N) is 1. The van der Waals surface area contributed by atoms with E-state index in [1.165, 1.54) is 0 Å².